The van der Waals surface area contributed by atoms with Crippen LogP contribution in [0.25, 0.3) is 10.9 Å². The Hall–Kier alpha value is -3.97. The predicted molar refractivity (Wildman–Crippen MR) is 145 cm³/mol. The van der Waals surface area contributed by atoms with Gasteiger partial charge in [-0.2, -0.15) is 5.10 Å². The molecule has 5 rings (SSSR count). The zero-order chi connectivity index (χ0) is 25.8. The Labute approximate surface area is 217 Å². The molecule has 3 unspecified atom stereocenters. The largest absolute Gasteiger partial charge is 0.350 e. The van der Waals surface area contributed by atoms with Crippen LogP contribution in [0.2, 0.25) is 0 Å². The number of aromatic nitrogens is 2. The summed E-state index contributed by atoms with van der Waals surface area (Å²) in [4.78, 5) is 28.6. The molecule has 2 heterocycles. The highest BCUT2D eigenvalue weighted by Gasteiger charge is 2.41. The molecule has 1 aromatic heterocycles. The van der Waals surface area contributed by atoms with E-state index in [0.29, 0.717) is 25.9 Å². The van der Waals surface area contributed by atoms with Crippen molar-refractivity contribution in [3.05, 3.63) is 102 Å². The second-order valence-electron chi connectivity index (χ2n) is 9.86. The number of nitrogens with one attached hydrogen (secondary N) is 1. The summed E-state index contributed by atoms with van der Waals surface area (Å²) < 4.78 is 1.82. The minimum Gasteiger partial charge on any atom is -0.350 e. The lowest BCUT2D eigenvalue weighted by atomic mass is 9.96. The van der Waals surface area contributed by atoms with Gasteiger partial charge < -0.3 is 16.0 Å². The molecule has 3 N–H and O–H groups in total. The molecular weight excluding hydrogens is 462 g/mol. The average molecular weight is 496 g/mol. The Balaban J connectivity index is 1.28. The highest BCUT2D eigenvalue weighted by atomic mass is 16.2. The minimum atomic E-state index is -0.655. The van der Waals surface area contributed by atoms with Gasteiger partial charge in [0.1, 0.15) is 6.04 Å². The van der Waals surface area contributed by atoms with Crippen molar-refractivity contribution >= 4 is 22.7 Å². The first-order valence-electron chi connectivity index (χ1n) is 12.8. The Bertz CT molecular complexity index is 1370. The topological polar surface area (TPSA) is 93.2 Å². The second-order valence-corrected chi connectivity index (χ2v) is 9.86. The molecule has 7 heteroatoms. The standard InChI is InChI=1S/C30H33N5O2/c1-34-27-15-13-22(16-24(27)19-33-34)18-32-29(36)28-17-25(23-10-6-3-7-11-23)20-35(28)30(37)26(31)14-12-21-8-4-2-5-9-21/h2-11,13,15-16,19,25-26,28H,12,14,17-18,20,31H2,1H3,(H,32,36). The van der Waals surface area contributed by atoms with E-state index in [1.165, 1.54) is 0 Å². The van der Waals surface area contributed by atoms with E-state index in [2.05, 4.69) is 22.5 Å². The van der Waals surface area contributed by atoms with Crippen LogP contribution in [-0.4, -0.2) is 45.1 Å². The molecule has 7 nitrogen and oxygen atoms in total. The van der Waals surface area contributed by atoms with Gasteiger partial charge in [0.2, 0.25) is 11.8 Å². The zero-order valence-corrected chi connectivity index (χ0v) is 21.1. The van der Waals surface area contributed by atoms with E-state index in [1.54, 1.807) is 4.90 Å². The number of carbonyl (C=O) groups is 2. The van der Waals surface area contributed by atoms with Gasteiger partial charge in [-0.3, -0.25) is 14.3 Å². The summed E-state index contributed by atoms with van der Waals surface area (Å²) in [5, 5.41) is 8.38. The number of nitrogens with zero attached hydrogens (tertiary/aromatic N) is 3. The summed E-state index contributed by atoms with van der Waals surface area (Å²) in [5.41, 5.74) is 10.7. The van der Waals surface area contributed by atoms with Crippen LogP contribution < -0.4 is 11.1 Å². The molecule has 1 aliphatic rings. The predicted octanol–water partition coefficient (Wildman–Crippen LogP) is 3.53. The van der Waals surface area contributed by atoms with Crippen LogP contribution in [0.15, 0.2) is 85.1 Å². The fraction of sp³-hybridized carbons (Fsp3) is 0.300. The molecule has 2 amide bonds. The Morgan fingerprint density at radius 2 is 1.76 bits per heavy atom. The Morgan fingerprint density at radius 3 is 2.51 bits per heavy atom. The van der Waals surface area contributed by atoms with Crippen molar-refractivity contribution in [2.24, 2.45) is 12.8 Å². The van der Waals surface area contributed by atoms with Gasteiger partial charge >= 0.3 is 0 Å². The van der Waals surface area contributed by atoms with Crippen LogP contribution in [0.3, 0.4) is 0 Å². The van der Waals surface area contributed by atoms with Crippen LogP contribution in [0.4, 0.5) is 0 Å². The molecule has 3 aromatic carbocycles. The molecule has 1 fully saturated rings. The van der Waals surface area contributed by atoms with Crippen LogP contribution in [0, 0.1) is 0 Å². The number of likely N-dealkylation sites (tertiary alicyclic amines) is 1. The number of rotatable bonds is 8. The first kappa shape index (κ1) is 24.7. The number of fused-ring (bicyclic) bond motifs is 1. The van der Waals surface area contributed by atoms with Gasteiger partial charge in [-0.25, -0.2) is 0 Å². The second kappa shape index (κ2) is 11.0. The number of aryl methyl sites for hydroxylation is 2. The quantitative estimate of drug-likeness (QED) is 0.391. The van der Waals surface area contributed by atoms with Crippen molar-refractivity contribution in [3.8, 4) is 0 Å². The highest BCUT2D eigenvalue weighted by Crippen LogP contribution is 2.32. The van der Waals surface area contributed by atoms with Gasteiger partial charge in [-0.1, -0.05) is 66.7 Å². The van der Waals surface area contributed by atoms with E-state index >= 15 is 0 Å². The molecule has 1 aliphatic heterocycles. The van der Waals surface area contributed by atoms with E-state index in [4.69, 9.17) is 5.73 Å². The molecular formula is C30H33N5O2. The maximum atomic E-state index is 13.5. The lowest BCUT2D eigenvalue weighted by Crippen LogP contribution is -2.51. The first-order chi connectivity index (χ1) is 18.0. The van der Waals surface area contributed by atoms with Gasteiger partial charge in [0.15, 0.2) is 0 Å². The fourth-order valence-electron chi connectivity index (χ4n) is 5.23. The molecule has 4 aromatic rings. The summed E-state index contributed by atoms with van der Waals surface area (Å²) in [5.74, 6) is -0.214. The first-order valence-corrected chi connectivity index (χ1v) is 12.8. The van der Waals surface area contributed by atoms with Gasteiger partial charge in [-0.05, 0) is 48.1 Å². The van der Waals surface area contributed by atoms with Crippen molar-refractivity contribution in [3.63, 3.8) is 0 Å². The maximum Gasteiger partial charge on any atom is 0.243 e. The van der Waals surface area contributed by atoms with E-state index < -0.39 is 12.1 Å². The van der Waals surface area contributed by atoms with Crippen LogP contribution >= 0.6 is 0 Å². The van der Waals surface area contributed by atoms with E-state index in [0.717, 1.165) is 34.0 Å². The van der Waals surface area contributed by atoms with Crippen molar-refractivity contribution in [1.29, 1.82) is 0 Å². The maximum absolute atomic E-state index is 13.5. The SMILES string of the molecule is Cn1ncc2cc(CNC(=O)C3CC(c4ccccc4)CN3C(=O)C(N)CCc3ccccc3)ccc21. The summed E-state index contributed by atoms with van der Waals surface area (Å²) >= 11 is 0. The van der Waals surface area contributed by atoms with Crippen LogP contribution in [-0.2, 0) is 29.6 Å². The number of hydrogen-bond acceptors (Lipinski definition) is 4. The summed E-state index contributed by atoms with van der Waals surface area (Å²) in [7, 11) is 1.91. The van der Waals surface area contributed by atoms with Gasteiger partial charge in [0.25, 0.3) is 0 Å². The third-order valence-electron chi connectivity index (χ3n) is 7.34. The minimum absolute atomic E-state index is 0.0916. The van der Waals surface area contributed by atoms with Gasteiger partial charge in [0, 0.05) is 31.4 Å². The Morgan fingerprint density at radius 1 is 1.03 bits per heavy atom. The molecule has 0 saturated carbocycles. The fourth-order valence-corrected chi connectivity index (χ4v) is 5.23. The normalized spacial score (nSPS) is 18.2. The van der Waals surface area contributed by atoms with Crippen LogP contribution in [0.1, 0.15) is 35.4 Å². The molecule has 37 heavy (non-hydrogen) atoms. The smallest absolute Gasteiger partial charge is 0.243 e. The number of amides is 2. The van der Waals surface area contributed by atoms with Gasteiger partial charge in [-0.15, -0.1) is 0 Å². The van der Waals surface area contributed by atoms with E-state index in [1.807, 2.05) is 84.7 Å². The van der Waals surface area contributed by atoms with Crippen LogP contribution in [0.5, 0.6) is 0 Å². The van der Waals surface area contributed by atoms with E-state index in [-0.39, 0.29) is 17.7 Å². The molecule has 0 bridgehead atoms. The third kappa shape index (κ3) is 5.57. The lowest BCUT2D eigenvalue weighted by Gasteiger charge is -2.27. The van der Waals surface area contributed by atoms with Crippen molar-refractivity contribution in [2.75, 3.05) is 6.54 Å². The average Bonchev–Trinajstić information content (AvgIpc) is 3.55. The summed E-state index contributed by atoms with van der Waals surface area (Å²) in [6.45, 7) is 0.875. The van der Waals surface area contributed by atoms with E-state index in [9.17, 15) is 9.59 Å². The molecule has 190 valence electrons. The lowest BCUT2D eigenvalue weighted by molar-refractivity contribution is -0.139. The molecule has 0 radical (unpaired) electrons. The monoisotopic (exact) mass is 495 g/mol. The number of carbonyl (C=O) groups excluding carboxylic acids is 2. The van der Waals surface area contributed by atoms with Gasteiger partial charge in [0.05, 0.1) is 17.8 Å². The zero-order valence-electron chi connectivity index (χ0n) is 21.1. The molecule has 3 atom stereocenters. The molecule has 0 aliphatic carbocycles. The highest BCUT2D eigenvalue weighted by molar-refractivity contribution is 5.90. The number of benzene rings is 3. The third-order valence-corrected chi connectivity index (χ3v) is 7.34. The van der Waals surface area contributed by atoms with Crippen molar-refractivity contribution in [2.45, 2.75) is 43.8 Å². The summed E-state index contributed by atoms with van der Waals surface area (Å²) in [6, 6.07) is 24.9. The molecule has 1 saturated heterocycles. The summed E-state index contributed by atoms with van der Waals surface area (Å²) in [6.07, 6.45) is 3.65. The number of nitrogens with two attached hydrogens (primary N) is 1. The van der Waals surface area contributed by atoms with Crippen molar-refractivity contribution < 1.29 is 9.59 Å². The molecule has 0 spiro atoms. The Kier molecular flexibility index (Phi) is 7.32. The van der Waals surface area contributed by atoms with Crippen molar-refractivity contribution in [1.82, 2.24) is 20.0 Å². The number of hydrogen-bond donors (Lipinski definition) is 2.